The molecule has 0 aliphatic heterocycles. The van der Waals surface area contributed by atoms with Crippen molar-refractivity contribution in [3.63, 3.8) is 0 Å². The van der Waals surface area contributed by atoms with Crippen LogP contribution in [-0.4, -0.2) is 9.97 Å². The Kier molecular flexibility index (Phi) is 6.61. The number of nitrogens with zero attached hydrogens (tertiary/aromatic N) is 2. The van der Waals surface area contributed by atoms with Gasteiger partial charge in [0.15, 0.2) is 5.82 Å². The summed E-state index contributed by atoms with van der Waals surface area (Å²) in [6, 6.07) is 65.6. The Morgan fingerprint density at radius 1 is 0.420 bits per heavy atom. The van der Waals surface area contributed by atoms with E-state index in [0.717, 1.165) is 44.0 Å². The third-order valence-electron chi connectivity index (χ3n) is 10.2. The second-order valence-electron chi connectivity index (χ2n) is 12.9. The molecule has 7 aromatic carbocycles. The third-order valence-corrected chi connectivity index (χ3v) is 11.3. The van der Waals surface area contributed by atoms with Gasteiger partial charge < -0.3 is 0 Å². The van der Waals surface area contributed by atoms with Crippen LogP contribution < -0.4 is 0 Å². The Morgan fingerprint density at radius 2 is 0.980 bits per heavy atom. The van der Waals surface area contributed by atoms with E-state index in [0.29, 0.717) is 0 Å². The van der Waals surface area contributed by atoms with Crippen LogP contribution in [0.1, 0.15) is 22.3 Å². The quantitative estimate of drug-likeness (QED) is 0.185. The van der Waals surface area contributed by atoms with E-state index in [-0.39, 0.29) is 0 Å². The van der Waals surface area contributed by atoms with Gasteiger partial charge >= 0.3 is 0 Å². The first-order valence-corrected chi connectivity index (χ1v) is 17.8. The van der Waals surface area contributed by atoms with Gasteiger partial charge in [0, 0.05) is 26.6 Å². The average Bonchev–Trinajstić information content (AvgIpc) is 3.72. The lowest BCUT2D eigenvalue weighted by Crippen LogP contribution is -2.28. The first-order chi connectivity index (χ1) is 24.8. The minimum absolute atomic E-state index is 0.442. The van der Waals surface area contributed by atoms with Crippen LogP contribution >= 0.6 is 11.3 Å². The Morgan fingerprint density at radius 3 is 1.74 bits per heavy atom. The van der Waals surface area contributed by atoms with Gasteiger partial charge in [-0.1, -0.05) is 164 Å². The number of benzene rings is 7. The minimum Gasteiger partial charge on any atom is -0.227 e. The highest BCUT2D eigenvalue weighted by Crippen LogP contribution is 2.56. The fourth-order valence-electron chi connectivity index (χ4n) is 8.04. The number of aromatic nitrogens is 2. The third kappa shape index (κ3) is 4.34. The molecule has 1 aliphatic rings. The monoisotopic (exact) mass is 654 g/mol. The van der Waals surface area contributed by atoms with E-state index in [4.69, 9.17) is 9.97 Å². The van der Waals surface area contributed by atoms with Crippen LogP contribution in [0, 0.1) is 0 Å². The molecule has 0 saturated heterocycles. The molecule has 2 heterocycles. The molecule has 234 valence electrons. The summed E-state index contributed by atoms with van der Waals surface area (Å²) < 4.78 is 1.22. The maximum atomic E-state index is 5.28. The lowest BCUT2D eigenvalue weighted by Gasteiger charge is -2.34. The second kappa shape index (κ2) is 11.5. The molecule has 0 saturated carbocycles. The average molecular weight is 655 g/mol. The summed E-state index contributed by atoms with van der Waals surface area (Å²) in [7, 11) is 0. The molecule has 0 N–H and O–H groups in total. The van der Waals surface area contributed by atoms with Crippen LogP contribution in [0.3, 0.4) is 0 Å². The summed E-state index contributed by atoms with van der Waals surface area (Å²) in [5, 5.41) is 2.32. The molecule has 3 heteroatoms. The van der Waals surface area contributed by atoms with Crippen molar-refractivity contribution >= 4 is 31.6 Å². The first-order valence-electron chi connectivity index (χ1n) is 17.0. The molecule has 0 radical (unpaired) electrons. The number of rotatable bonds is 5. The van der Waals surface area contributed by atoms with E-state index in [9.17, 15) is 0 Å². The molecule has 0 atom stereocenters. The molecule has 0 spiro atoms. The van der Waals surface area contributed by atoms with Crippen molar-refractivity contribution in [2.45, 2.75) is 5.41 Å². The minimum atomic E-state index is -0.442. The van der Waals surface area contributed by atoms with Crippen molar-refractivity contribution in [3.8, 4) is 44.9 Å². The van der Waals surface area contributed by atoms with Crippen LogP contribution in [0.5, 0.6) is 0 Å². The van der Waals surface area contributed by atoms with Gasteiger partial charge in [0.1, 0.15) is 4.83 Å². The van der Waals surface area contributed by atoms with Crippen LogP contribution in [0.2, 0.25) is 0 Å². The molecular weight excluding hydrogens is 625 g/mol. The summed E-state index contributed by atoms with van der Waals surface area (Å²) in [4.78, 5) is 11.5. The molecule has 0 fully saturated rings. The fourth-order valence-corrected chi connectivity index (χ4v) is 9.11. The summed E-state index contributed by atoms with van der Waals surface area (Å²) in [6.07, 6.45) is 0. The fraction of sp³-hybridized carbons (Fsp3) is 0.0213. The highest BCUT2D eigenvalue weighted by molar-refractivity contribution is 7.25. The standard InChI is InChI=1S/C47H30N2S/c1-3-15-31(16-4-1)44-43-39-25-9-12-28-42(39)50-46(43)49-45(48-44)34-19-13-17-32(29-34)33-18-14-22-36(30-33)47(35-20-5-2-6-21-35)40-26-10-7-23-37(40)38-24-8-11-27-41(38)47/h1-30H. The topological polar surface area (TPSA) is 25.8 Å². The van der Waals surface area contributed by atoms with E-state index in [1.54, 1.807) is 11.3 Å². The summed E-state index contributed by atoms with van der Waals surface area (Å²) >= 11 is 1.73. The highest BCUT2D eigenvalue weighted by atomic mass is 32.1. The molecule has 9 aromatic rings. The SMILES string of the molecule is c1ccc(-c2nc(-c3cccc(-c4cccc(C5(c6ccccc6)c6ccccc6-c6ccccc65)c4)c3)nc3sc4ccccc4c23)cc1. The lowest BCUT2D eigenvalue weighted by atomic mass is 9.67. The van der Waals surface area contributed by atoms with Crippen LogP contribution in [0.4, 0.5) is 0 Å². The van der Waals surface area contributed by atoms with Crippen molar-refractivity contribution < 1.29 is 0 Å². The highest BCUT2D eigenvalue weighted by Gasteiger charge is 2.45. The van der Waals surface area contributed by atoms with E-state index >= 15 is 0 Å². The van der Waals surface area contributed by atoms with Gasteiger partial charge in [-0.15, -0.1) is 11.3 Å². The molecule has 0 amide bonds. The van der Waals surface area contributed by atoms with Gasteiger partial charge in [0.25, 0.3) is 0 Å². The predicted molar refractivity (Wildman–Crippen MR) is 209 cm³/mol. The molecule has 1 aliphatic carbocycles. The van der Waals surface area contributed by atoms with Crippen molar-refractivity contribution in [2.75, 3.05) is 0 Å². The van der Waals surface area contributed by atoms with Crippen LogP contribution in [0.25, 0.3) is 65.2 Å². The smallest absolute Gasteiger partial charge is 0.161 e. The first kappa shape index (κ1) is 28.8. The summed E-state index contributed by atoms with van der Waals surface area (Å²) in [6.45, 7) is 0. The van der Waals surface area contributed by atoms with Crippen molar-refractivity contribution in [2.24, 2.45) is 0 Å². The molecular formula is C47H30N2S. The number of hydrogen-bond acceptors (Lipinski definition) is 3. The van der Waals surface area contributed by atoms with Crippen LogP contribution in [0.15, 0.2) is 182 Å². The zero-order valence-corrected chi connectivity index (χ0v) is 27.9. The number of thiophene rings is 1. The zero-order valence-electron chi connectivity index (χ0n) is 27.1. The Balaban J connectivity index is 1.15. The van der Waals surface area contributed by atoms with Crippen LogP contribution in [-0.2, 0) is 5.41 Å². The van der Waals surface area contributed by atoms with Gasteiger partial charge in [-0.2, -0.15) is 0 Å². The Labute approximate surface area is 295 Å². The number of hydrogen-bond donors (Lipinski definition) is 0. The molecule has 2 nitrogen and oxygen atoms in total. The van der Waals surface area contributed by atoms with Crippen molar-refractivity contribution in [1.29, 1.82) is 0 Å². The van der Waals surface area contributed by atoms with Gasteiger partial charge in [-0.05, 0) is 62.7 Å². The summed E-state index contributed by atoms with van der Waals surface area (Å²) in [5.41, 5.74) is 12.6. The normalized spacial score (nSPS) is 13.0. The lowest BCUT2D eigenvalue weighted by molar-refractivity contribution is 0.769. The van der Waals surface area contributed by atoms with E-state index in [2.05, 4.69) is 182 Å². The molecule has 50 heavy (non-hydrogen) atoms. The van der Waals surface area contributed by atoms with Crippen molar-refractivity contribution in [1.82, 2.24) is 9.97 Å². The Bertz CT molecular complexity index is 2660. The largest absolute Gasteiger partial charge is 0.227 e. The predicted octanol–water partition coefficient (Wildman–Crippen LogP) is 12.2. The van der Waals surface area contributed by atoms with E-state index in [1.165, 1.54) is 43.5 Å². The zero-order chi connectivity index (χ0) is 33.1. The molecule has 0 bridgehead atoms. The van der Waals surface area contributed by atoms with E-state index < -0.39 is 5.41 Å². The molecule has 10 rings (SSSR count). The molecule has 2 aromatic heterocycles. The van der Waals surface area contributed by atoms with Gasteiger partial charge in [0.2, 0.25) is 0 Å². The second-order valence-corrected chi connectivity index (χ2v) is 13.9. The maximum Gasteiger partial charge on any atom is 0.161 e. The van der Waals surface area contributed by atoms with Gasteiger partial charge in [0.05, 0.1) is 11.1 Å². The van der Waals surface area contributed by atoms with E-state index in [1.807, 2.05) is 0 Å². The number of fused-ring (bicyclic) bond motifs is 6. The van der Waals surface area contributed by atoms with Gasteiger partial charge in [-0.25, -0.2) is 9.97 Å². The summed E-state index contributed by atoms with van der Waals surface area (Å²) in [5.74, 6) is 0.736. The Hall–Kier alpha value is -6.16. The maximum absolute atomic E-state index is 5.28. The van der Waals surface area contributed by atoms with Crippen molar-refractivity contribution in [3.05, 3.63) is 204 Å². The van der Waals surface area contributed by atoms with Gasteiger partial charge in [-0.3, -0.25) is 0 Å². The molecule has 0 unspecified atom stereocenters.